The van der Waals surface area contributed by atoms with Gasteiger partial charge in [0, 0.05) is 35.8 Å². The van der Waals surface area contributed by atoms with Gasteiger partial charge in [0.2, 0.25) is 16.9 Å². The number of carbonyl (C=O) groups is 3. The normalized spacial score (nSPS) is 17.0. The van der Waals surface area contributed by atoms with E-state index in [1.807, 2.05) is 12.1 Å². The second-order valence-electron chi connectivity index (χ2n) is 6.77. The minimum Gasteiger partial charge on any atom is -0.341 e. The summed E-state index contributed by atoms with van der Waals surface area (Å²) in [6.45, 7) is 4.90. The highest BCUT2D eigenvalue weighted by Crippen LogP contribution is 2.31. The fourth-order valence-electron chi connectivity index (χ4n) is 3.56. The number of amides is 3. The maximum atomic E-state index is 12.7. The van der Waals surface area contributed by atoms with Crippen molar-refractivity contribution >= 4 is 39.9 Å². The van der Waals surface area contributed by atoms with Gasteiger partial charge in [-0.1, -0.05) is 36.1 Å². The van der Waals surface area contributed by atoms with Crippen molar-refractivity contribution in [2.75, 3.05) is 25.0 Å². The summed E-state index contributed by atoms with van der Waals surface area (Å²) in [7, 11) is 0. The number of fused-ring (bicyclic) bond motifs is 1. The van der Waals surface area contributed by atoms with E-state index >= 15 is 0 Å². The molecular weight excluding hydrogens is 378 g/mol. The molecule has 0 radical (unpaired) electrons. The molecule has 144 valence electrons. The lowest BCUT2D eigenvalue weighted by Crippen LogP contribution is -2.45. The molecule has 3 amide bonds. The molecule has 28 heavy (non-hydrogen) atoms. The molecule has 9 heteroatoms. The van der Waals surface area contributed by atoms with Crippen LogP contribution in [0.3, 0.4) is 0 Å². The van der Waals surface area contributed by atoms with Gasteiger partial charge in [-0.05, 0) is 18.9 Å². The van der Waals surface area contributed by atoms with Crippen LogP contribution in [0, 0.1) is 5.92 Å². The van der Waals surface area contributed by atoms with Crippen LogP contribution < -0.4 is 5.32 Å². The Labute approximate surface area is 165 Å². The Hall–Kier alpha value is -3.07. The maximum absolute atomic E-state index is 12.7. The molecule has 2 aromatic rings. The number of piperidine rings is 1. The van der Waals surface area contributed by atoms with Crippen LogP contribution >= 0.6 is 11.3 Å². The highest BCUT2D eigenvalue weighted by Gasteiger charge is 2.34. The second kappa shape index (κ2) is 7.51. The third-order valence-electron chi connectivity index (χ3n) is 5.14. The second-order valence-corrected chi connectivity index (χ2v) is 7.60. The first-order valence-corrected chi connectivity index (χ1v) is 9.87. The van der Waals surface area contributed by atoms with E-state index in [1.54, 1.807) is 22.5 Å². The number of nitrogens with one attached hydrogen (secondary N) is 1. The Morgan fingerprint density at radius 3 is 2.57 bits per heavy atom. The van der Waals surface area contributed by atoms with Crippen LogP contribution in [0.15, 0.2) is 36.4 Å². The highest BCUT2D eigenvalue weighted by atomic mass is 32.1. The average Bonchev–Trinajstić information content (AvgIpc) is 3.31. The minimum absolute atomic E-state index is 0.0337. The summed E-state index contributed by atoms with van der Waals surface area (Å²) in [5, 5.41) is 10.7. The average molecular weight is 397 g/mol. The van der Waals surface area contributed by atoms with Gasteiger partial charge in [0.1, 0.15) is 12.1 Å². The van der Waals surface area contributed by atoms with Crippen molar-refractivity contribution in [1.82, 2.24) is 20.0 Å². The molecule has 0 saturated carbocycles. The lowest BCUT2D eigenvalue weighted by Gasteiger charge is -2.32. The molecular formula is C19H19N5O3S. The summed E-state index contributed by atoms with van der Waals surface area (Å²) in [4.78, 5) is 40.7. The summed E-state index contributed by atoms with van der Waals surface area (Å²) in [6.07, 6.45) is 1.15. The quantitative estimate of drug-likeness (QED) is 0.849. The molecule has 1 aromatic carbocycles. The largest absolute Gasteiger partial charge is 0.341 e. The van der Waals surface area contributed by atoms with Gasteiger partial charge in [0.25, 0.3) is 5.91 Å². The molecule has 1 saturated heterocycles. The van der Waals surface area contributed by atoms with Crippen molar-refractivity contribution in [2.24, 2.45) is 5.92 Å². The Kier molecular flexibility index (Phi) is 4.91. The molecule has 2 aliphatic heterocycles. The summed E-state index contributed by atoms with van der Waals surface area (Å²) in [5.41, 5.74) is 3.46. The lowest BCUT2D eigenvalue weighted by atomic mass is 9.96. The van der Waals surface area contributed by atoms with Crippen LogP contribution in [0.2, 0.25) is 0 Å². The van der Waals surface area contributed by atoms with Crippen LogP contribution in [-0.4, -0.2) is 57.4 Å². The Bertz CT molecular complexity index is 900. The number of carbonyl (C=O) groups excluding carboxylic acids is 3. The predicted octanol–water partition coefficient (Wildman–Crippen LogP) is 1.84. The minimum atomic E-state index is -0.194. The summed E-state index contributed by atoms with van der Waals surface area (Å²) in [6, 6.07) is 7.23. The fraction of sp³-hybridized carbons (Fsp3) is 0.316. The molecule has 0 aliphatic carbocycles. The molecule has 3 heterocycles. The molecule has 0 unspecified atom stereocenters. The molecule has 8 nitrogen and oxygen atoms in total. The number of benzene rings is 1. The van der Waals surface area contributed by atoms with E-state index in [1.165, 1.54) is 16.2 Å². The smallest absolute Gasteiger partial charge is 0.259 e. The zero-order valence-electron chi connectivity index (χ0n) is 15.1. The first-order valence-electron chi connectivity index (χ1n) is 8.99. The van der Waals surface area contributed by atoms with Gasteiger partial charge in [-0.3, -0.25) is 19.3 Å². The molecule has 1 N–H and O–H groups in total. The van der Waals surface area contributed by atoms with Crippen molar-refractivity contribution < 1.29 is 14.4 Å². The van der Waals surface area contributed by atoms with E-state index in [-0.39, 0.29) is 30.2 Å². The molecule has 0 atom stereocenters. The van der Waals surface area contributed by atoms with Gasteiger partial charge >= 0.3 is 0 Å². The number of anilines is 1. The van der Waals surface area contributed by atoms with Gasteiger partial charge in [0.15, 0.2) is 0 Å². The summed E-state index contributed by atoms with van der Waals surface area (Å²) in [5.74, 6) is -0.589. The van der Waals surface area contributed by atoms with E-state index in [4.69, 9.17) is 0 Å². The SMILES string of the molecule is C=C1c2ccccc2C(=O)N1CC(=O)N1CCC(C(=O)Nc2nncs2)CC1. The van der Waals surface area contributed by atoms with Gasteiger partial charge in [-0.2, -0.15) is 0 Å². The van der Waals surface area contributed by atoms with Crippen molar-refractivity contribution in [2.45, 2.75) is 12.8 Å². The molecule has 1 aromatic heterocycles. The maximum Gasteiger partial charge on any atom is 0.259 e. The van der Waals surface area contributed by atoms with E-state index in [0.29, 0.717) is 42.3 Å². The summed E-state index contributed by atoms with van der Waals surface area (Å²) < 4.78 is 0. The zero-order chi connectivity index (χ0) is 19.7. The Morgan fingerprint density at radius 2 is 1.93 bits per heavy atom. The number of hydrogen-bond acceptors (Lipinski definition) is 6. The molecule has 4 rings (SSSR count). The van der Waals surface area contributed by atoms with Crippen LogP contribution in [0.5, 0.6) is 0 Å². The third kappa shape index (κ3) is 3.40. The standard InChI is InChI=1S/C19H19N5O3S/c1-12-14-4-2-3-5-15(14)18(27)24(12)10-16(25)23-8-6-13(7-9-23)17(26)21-19-22-20-11-28-19/h2-5,11,13H,1,6-10H2,(H,21,22,26). The number of rotatable bonds is 4. The van der Waals surface area contributed by atoms with Crippen LogP contribution in [0.4, 0.5) is 5.13 Å². The van der Waals surface area contributed by atoms with Crippen molar-refractivity contribution in [1.29, 1.82) is 0 Å². The molecule has 1 fully saturated rings. The van der Waals surface area contributed by atoms with Crippen molar-refractivity contribution in [3.63, 3.8) is 0 Å². The van der Waals surface area contributed by atoms with E-state index in [2.05, 4.69) is 22.1 Å². The number of likely N-dealkylation sites (tertiary alicyclic amines) is 1. The van der Waals surface area contributed by atoms with Gasteiger partial charge in [-0.25, -0.2) is 0 Å². The van der Waals surface area contributed by atoms with E-state index < -0.39 is 0 Å². The number of aromatic nitrogens is 2. The Morgan fingerprint density at radius 1 is 1.21 bits per heavy atom. The van der Waals surface area contributed by atoms with Crippen molar-refractivity contribution in [3.05, 3.63) is 47.5 Å². The van der Waals surface area contributed by atoms with Gasteiger partial charge in [0.05, 0.1) is 0 Å². The van der Waals surface area contributed by atoms with Crippen molar-refractivity contribution in [3.8, 4) is 0 Å². The third-order valence-corrected chi connectivity index (χ3v) is 5.75. The number of nitrogens with zero attached hydrogens (tertiary/aromatic N) is 4. The summed E-state index contributed by atoms with van der Waals surface area (Å²) >= 11 is 1.27. The predicted molar refractivity (Wildman–Crippen MR) is 104 cm³/mol. The Balaban J connectivity index is 1.32. The lowest BCUT2D eigenvalue weighted by molar-refractivity contribution is -0.134. The van der Waals surface area contributed by atoms with Crippen LogP contribution in [0.1, 0.15) is 28.8 Å². The van der Waals surface area contributed by atoms with Crippen LogP contribution in [-0.2, 0) is 9.59 Å². The van der Waals surface area contributed by atoms with E-state index in [9.17, 15) is 14.4 Å². The van der Waals surface area contributed by atoms with E-state index in [0.717, 1.165) is 5.56 Å². The molecule has 0 bridgehead atoms. The van der Waals surface area contributed by atoms with Crippen LogP contribution in [0.25, 0.3) is 5.70 Å². The monoisotopic (exact) mass is 397 g/mol. The first-order chi connectivity index (χ1) is 13.5. The fourth-order valence-corrected chi connectivity index (χ4v) is 4.01. The van der Waals surface area contributed by atoms with Gasteiger partial charge < -0.3 is 10.2 Å². The highest BCUT2D eigenvalue weighted by molar-refractivity contribution is 7.13. The zero-order valence-corrected chi connectivity index (χ0v) is 15.9. The van der Waals surface area contributed by atoms with Gasteiger partial charge in [-0.15, -0.1) is 10.2 Å². The first kappa shape index (κ1) is 18.3. The number of hydrogen-bond donors (Lipinski definition) is 1. The molecule has 2 aliphatic rings. The topological polar surface area (TPSA) is 95.5 Å². The molecule has 0 spiro atoms.